The van der Waals surface area contributed by atoms with Gasteiger partial charge in [-0.05, 0) is 30.5 Å². The summed E-state index contributed by atoms with van der Waals surface area (Å²) < 4.78 is 5.13. The molecule has 0 amide bonds. The van der Waals surface area contributed by atoms with E-state index in [1.54, 1.807) is 7.11 Å². The van der Waals surface area contributed by atoms with E-state index in [1.807, 2.05) is 18.2 Å². The first-order valence-corrected chi connectivity index (χ1v) is 6.52. The van der Waals surface area contributed by atoms with Gasteiger partial charge in [-0.15, -0.1) is 0 Å². The predicted molar refractivity (Wildman–Crippen MR) is 73.8 cm³/mol. The Kier molecular flexibility index (Phi) is 5.79. The molecule has 96 valence electrons. The Morgan fingerprint density at radius 2 is 2.06 bits per heavy atom. The van der Waals surface area contributed by atoms with E-state index < -0.39 is 0 Å². The first-order chi connectivity index (χ1) is 8.08. The molecule has 0 fully saturated rings. The Bertz CT molecular complexity index is 354. The largest absolute Gasteiger partial charge is 0.495 e. The summed E-state index contributed by atoms with van der Waals surface area (Å²) in [5, 5.41) is 4.18. The summed E-state index contributed by atoms with van der Waals surface area (Å²) in [5.41, 5.74) is 1.19. The van der Waals surface area contributed by atoms with Gasteiger partial charge >= 0.3 is 0 Å². The summed E-state index contributed by atoms with van der Waals surface area (Å²) in [6, 6.07) is 6.42. The number of rotatable bonds is 6. The summed E-state index contributed by atoms with van der Waals surface area (Å²) in [4.78, 5) is 0. The van der Waals surface area contributed by atoms with Gasteiger partial charge < -0.3 is 10.1 Å². The van der Waals surface area contributed by atoms with Crippen LogP contribution in [0.2, 0.25) is 5.02 Å². The van der Waals surface area contributed by atoms with Crippen LogP contribution in [0.5, 0.6) is 5.75 Å². The molecule has 0 aliphatic carbocycles. The maximum atomic E-state index is 6.08. The van der Waals surface area contributed by atoms with Gasteiger partial charge in [-0.3, -0.25) is 0 Å². The number of hydrogen-bond donors (Lipinski definition) is 1. The van der Waals surface area contributed by atoms with Crippen molar-refractivity contribution in [3.63, 3.8) is 0 Å². The maximum absolute atomic E-state index is 6.08. The van der Waals surface area contributed by atoms with Crippen LogP contribution in [0, 0.1) is 5.92 Å². The zero-order valence-corrected chi connectivity index (χ0v) is 11.8. The standard InChI is InChI=1S/C14H22ClNO/c1-5-10(2)11(3)16-9-12-6-7-14(17-4)13(15)8-12/h6-8,10-11,16H,5,9H2,1-4H3. The van der Waals surface area contributed by atoms with E-state index in [9.17, 15) is 0 Å². The number of hydrogen-bond acceptors (Lipinski definition) is 2. The first-order valence-electron chi connectivity index (χ1n) is 6.14. The molecule has 0 aliphatic heterocycles. The van der Waals surface area contributed by atoms with Gasteiger partial charge in [0.15, 0.2) is 0 Å². The fourth-order valence-corrected chi connectivity index (χ4v) is 1.93. The molecule has 0 aliphatic rings. The van der Waals surface area contributed by atoms with E-state index in [-0.39, 0.29) is 0 Å². The second-order valence-corrected chi connectivity index (χ2v) is 4.93. The topological polar surface area (TPSA) is 21.3 Å². The van der Waals surface area contributed by atoms with Crippen LogP contribution in [0.25, 0.3) is 0 Å². The summed E-state index contributed by atoms with van der Waals surface area (Å²) in [6.07, 6.45) is 1.19. The van der Waals surface area contributed by atoms with Gasteiger partial charge in [-0.25, -0.2) is 0 Å². The summed E-state index contributed by atoms with van der Waals surface area (Å²) >= 11 is 6.08. The van der Waals surface area contributed by atoms with Gasteiger partial charge in [0.25, 0.3) is 0 Å². The van der Waals surface area contributed by atoms with Gasteiger partial charge in [-0.2, -0.15) is 0 Å². The van der Waals surface area contributed by atoms with E-state index in [4.69, 9.17) is 16.3 Å². The number of ether oxygens (including phenoxy) is 1. The average Bonchev–Trinajstić information content (AvgIpc) is 2.35. The third-order valence-electron chi connectivity index (χ3n) is 3.34. The van der Waals surface area contributed by atoms with Crippen molar-refractivity contribution < 1.29 is 4.74 Å². The Morgan fingerprint density at radius 1 is 1.35 bits per heavy atom. The highest BCUT2D eigenvalue weighted by atomic mass is 35.5. The molecule has 0 saturated carbocycles. The van der Waals surface area contributed by atoms with Crippen molar-refractivity contribution in [1.29, 1.82) is 0 Å². The number of halogens is 1. The first kappa shape index (κ1) is 14.3. The Labute approximate surface area is 109 Å². The van der Waals surface area contributed by atoms with E-state index in [0.29, 0.717) is 17.0 Å². The second kappa shape index (κ2) is 6.87. The van der Waals surface area contributed by atoms with Crippen molar-refractivity contribution in [3.8, 4) is 5.75 Å². The highest BCUT2D eigenvalue weighted by Gasteiger charge is 2.09. The third-order valence-corrected chi connectivity index (χ3v) is 3.64. The highest BCUT2D eigenvalue weighted by Crippen LogP contribution is 2.24. The number of benzene rings is 1. The van der Waals surface area contributed by atoms with Gasteiger partial charge in [0, 0.05) is 12.6 Å². The van der Waals surface area contributed by atoms with Crippen LogP contribution >= 0.6 is 11.6 Å². The minimum Gasteiger partial charge on any atom is -0.495 e. The van der Waals surface area contributed by atoms with E-state index in [1.165, 1.54) is 12.0 Å². The van der Waals surface area contributed by atoms with E-state index >= 15 is 0 Å². The van der Waals surface area contributed by atoms with Crippen molar-refractivity contribution in [2.75, 3.05) is 7.11 Å². The zero-order valence-electron chi connectivity index (χ0n) is 11.1. The monoisotopic (exact) mass is 255 g/mol. The van der Waals surface area contributed by atoms with Crippen LogP contribution in [0.1, 0.15) is 32.8 Å². The molecule has 3 heteroatoms. The zero-order chi connectivity index (χ0) is 12.8. The van der Waals surface area contributed by atoms with Crippen LogP contribution in [-0.2, 0) is 6.54 Å². The molecular weight excluding hydrogens is 234 g/mol. The molecule has 2 unspecified atom stereocenters. The van der Waals surface area contributed by atoms with Gasteiger partial charge in [-0.1, -0.05) is 37.9 Å². The minimum absolute atomic E-state index is 0.515. The molecule has 0 bridgehead atoms. The molecule has 2 nitrogen and oxygen atoms in total. The van der Waals surface area contributed by atoms with E-state index in [2.05, 4.69) is 26.1 Å². The Hall–Kier alpha value is -0.730. The van der Waals surface area contributed by atoms with Crippen LogP contribution in [0.15, 0.2) is 18.2 Å². The van der Waals surface area contributed by atoms with Crippen molar-refractivity contribution in [3.05, 3.63) is 28.8 Å². The molecule has 0 aromatic heterocycles. The van der Waals surface area contributed by atoms with E-state index in [0.717, 1.165) is 12.3 Å². The van der Waals surface area contributed by atoms with Crippen molar-refractivity contribution in [2.24, 2.45) is 5.92 Å². The maximum Gasteiger partial charge on any atom is 0.137 e. The van der Waals surface area contributed by atoms with Crippen LogP contribution < -0.4 is 10.1 Å². The summed E-state index contributed by atoms with van der Waals surface area (Å²) in [7, 11) is 1.63. The highest BCUT2D eigenvalue weighted by molar-refractivity contribution is 6.32. The lowest BCUT2D eigenvalue weighted by molar-refractivity contribution is 0.389. The average molecular weight is 256 g/mol. The predicted octanol–water partition coefficient (Wildman–Crippen LogP) is 3.87. The quantitative estimate of drug-likeness (QED) is 0.833. The lowest BCUT2D eigenvalue weighted by Crippen LogP contribution is -2.31. The molecule has 1 aromatic rings. The summed E-state index contributed by atoms with van der Waals surface area (Å²) in [5.74, 6) is 1.41. The molecule has 1 rings (SSSR count). The Morgan fingerprint density at radius 3 is 2.59 bits per heavy atom. The van der Waals surface area contributed by atoms with Crippen molar-refractivity contribution >= 4 is 11.6 Å². The molecule has 2 atom stereocenters. The minimum atomic E-state index is 0.515. The van der Waals surface area contributed by atoms with Gasteiger partial charge in [0.05, 0.1) is 12.1 Å². The SMILES string of the molecule is CCC(C)C(C)NCc1ccc(OC)c(Cl)c1. The third kappa shape index (κ3) is 4.21. The van der Waals surface area contributed by atoms with Crippen molar-refractivity contribution in [2.45, 2.75) is 39.8 Å². The molecule has 0 heterocycles. The normalized spacial score (nSPS) is 14.4. The smallest absolute Gasteiger partial charge is 0.137 e. The molecule has 1 aromatic carbocycles. The van der Waals surface area contributed by atoms with Crippen LogP contribution in [0.4, 0.5) is 0 Å². The van der Waals surface area contributed by atoms with Crippen molar-refractivity contribution in [1.82, 2.24) is 5.32 Å². The molecule has 0 saturated heterocycles. The Balaban J connectivity index is 2.55. The second-order valence-electron chi connectivity index (χ2n) is 4.52. The molecule has 0 spiro atoms. The molecule has 1 N–H and O–H groups in total. The summed E-state index contributed by atoms with van der Waals surface area (Å²) in [6.45, 7) is 7.54. The molecular formula is C14H22ClNO. The molecule has 17 heavy (non-hydrogen) atoms. The number of nitrogens with one attached hydrogen (secondary N) is 1. The number of methoxy groups -OCH3 is 1. The van der Waals surface area contributed by atoms with Crippen LogP contribution in [0.3, 0.4) is 0 Å². The fraction of sp³-hybridized carbons (Fsp3) is 0.571. The van der Waals surface area contributed by atoms with Gasteiger partial charge in [0.1, 0.15) is 5.75 Å². The van der Waals surface area contributed by atoms with Crippen LogP contribution in [-0.4, -0.2) is 13.2 Å². The fourth-order valence-electron chi connectivity index (χ4n) is 1.65. The van der Waals surface area contributed by atoms with Gasteiger partial charge in [0.2, 0.25) is 0 Å². The lowest BCUT2D eigenvalue weighted by Gasteiger charge is -2.20. The molecule has 0 radical (unpaired) electrons. The lowest BCUT2D eigenvalue weighted by atomic mass is 10.0.